The highest BCUT2D eigenvalue weighted by Gasteiger charge is 2.29. The molecule has 0 spiro atoms. The Morgan fingerprint density at radius 2 is 1.76 bits per heavy atom. The second-order valence-electron chi connectivity index (χ2n) is 8.58. The van der Waals surface area contributed by atoms with Crippen LogP contribution in [0.15, 0.2) is 53.3 Å². The molecule has 3 aromatic rings. The summed E-state index contributed by atoms with van der Waals surface area (Å²) in [7, 11) is 1.59. The number of carbonyl (C=O) groups excluding carboxylic acids is 1. The molecule has 2 heterocycles. The second-order valence-corrected chi connectivity index (χ2v) is 8.58. The van der Waals surface area contributed by atoms with Gasteiger partial charge in [0.25, 0.3) is 5.56 Å². The van der Waals surface area contributed by atoms with E-state index in [2.05, 4.69) is 0 Å². The van der Waals surface area contributed by atoms with E-state index in [1.165, 1.54) is 0 Å². The molecule has 174 valence electrons. The van der Waals surface area contributed by atoms with Crippen LogP contribution in [0, 0.1) is 13.8 Å². The van der Waals surface area contributed by atoms with E-state index in [4.69, 9.17) is 9.47 Å². The molecule has 0 aliphatic carbocycles. The monoisotopic (exact) mass is 450 g/mol. The van der Waals surface area contributed by atoms with Crippen LogP contribution in [0.2, 0.25) is 0 Å². The third-order valence-electron chi connectivity index (χ3n) is 6.32. The number of hydrogen-bond donors (Lipinski definition) is 1. The molecule has 1 aliphatic rings. The Morgan fingerprint density at radius 3 is 2.55 bits per heavy atom. The lowest BCUT2D eigenvalue weighted by Crippen LogP contribution is -2.37. The molecule has 2 atom stereocenters. The van der Waals surface area contributed by atoms with Crippen molar-refractivity contribution in [2.45, 2.75) is 45.4 Å². The quantitative estimate of drug-likeness (QED) is 0.646. The van der Waals surface area contributed by atoms with Crippen LogP contribution in [-0.4, -0.2) is 52.9 Å². The lowest BCUT2D eigenvalue weighted by atomic mass is 10.1. The molecular weight excluding hydrogens is 420 g/mol. The van der Waals surface area contributed by atoms with Gasteiger partial charge in [-0.25, -0.2) is 0 Å². The summed E-state index contributed by atoms with van der Waals surface area (Å²) >= 11 is 0. The highest BCUT2D eigenvalue weighted by molar-refractivity contribution is 5.87. The number of hydrogen-bond acceptors (Lipinski definition) is 5. The van der Waals surface area contributed by atoms with Gasteiger partial charge < -0.3 is 19.5 Å². The van der Waals surface area contributed by atoms with Crippen LogP contribution in [0.4, 0.5) is 0 Å². The van der Waals surface area contributed by atoms with E-state index < -0.39 is 12.2 Å². The molecule has 7 nitrogen and oxygen atoms in total. The lowest BCUT2D eigenvalue weighted by Gasteiger charge is -2.22. The molecule has 1 N–H and O–H groups in total. The van der Waals surface area contributed by atoms with Gasteiger partial charge in [0, 0.05) is 37.0 Å². The maximum Gasteiger partial charge on any atom is 0.251 e. The number of amides is 1. The fraction of sp³-hybridized carbons (Fsp3) is 0.385. The number of aliphatic hydroxyl groups is 1. The van der Waals surface area contributed by atoms with Crippen molar-refractivity contribution >= 4 is 16.8 Å². The number of methoxy groups -OCH3 is 1. The van der Waals surface area contributed by atoms with Crippen molar-refractivity contribution in [3.8, 4) is 11.5 Å². The van der Waals surface area contributed by atoms with Crippen LogP contribution >= 0.6 is 0 Å². The number of carbonyl (C=O) groups is 1. The van der Waals surface area contributed by atoms with Gasteiger partial charge in [-0.2, -0.15) is 0 Å². The number of fused-ring (bicyclic) bond motifs is 1. The number of aliphatic hydroxyl groups excluding tert-OH is 1. The van der Waals surface area contributed by atoms with E-state index in [1.54, 1.807) is 28.7 Å². The minimum atomic E-state index is -0.695. The molecule has 2 aromatic carbocycles. The van der Waals surface area contributed by atoms with E-state index in [1.807, 2.05) is 50.2 Å². The highest BCUT2D eigenvalue weighted by Crippen LogP contribution is 2.24. The zero-order valence-electron chi connectivity index (χ0n) is 19.3. The molecule has 0 bridgehead atoms. The summed E-state index contributed by atoms with van der Waals surface area (Å²) in [5.41, 5.74) is 2.47. The van der Waals surface area contributed by atoms with Gasteiger partial charge in [-0.1, -0.05) is 24.3 Å². The number of nitrogens with zero attached hydrogens (tertiary/aromatic N) is 2. The standard InChI is InChI=1S/C26H30N2O5/c1-17-6-4-9-21-18(2)14-24(30)28(26(17)21)16-25(31)27-12-10-22(29)23(11-13-27)33-20-8-5-7-19(15-20)32-3/h4-9,14-15,22-23,29H,10-13,16H2,1-3H3/t22-,23-/m0/s1. The van der Waals surface area contributed by atoms with Crippen LogP contribution in [0.1, 0.15) is 24.0 Å². The zero-order valence-corrected chi connectivity index (χ0v) is 19.3. The Morgan fingerprint density at radius 1 is 1.03 bits per heavy atom. The van der Waals surface area contributed by atoms with E-state index >= 15 is 0 Å². The summed E-state index contributed by atoms with van der Waals surface area (Å²) in [6, 6.07) is 14.7. The summed E-state index contributed by atoms with van der Waals surface area (Å²) in [6.07, 6.45) is -0.227. The number of aryl methyl sites for hydroxylation is 2. The predicted molar refractivity (Wildman–Crippen MR) is 127 cm³/mol. The number of para-hydroxylation sites is 1. The molecule has 1 aromatic heterocycles. The van der Waals surface area contributed by atoms with Gasteiger partial charge in [0.2, 0.25) is 5.91 Å². The molecule has 7 heteroatoms. The van der Waals surface area contributed by atoms with Crippen LogP contribution < -0.4 is 15.0 Å². The number of aromatic nitrogens is 1. The van der Waals surface area contributed by atoms with Crippen LogP contribution in [0.5, 0.6) is 11.5 Å². The third-order valence-corrected chi connectivity index (χ3v) is 6.32. The summed E-state index contributed by atoms with van der Waals surface area (Å²) in [5.74, 6) is 1.16. The molecule has 0 saturated carbocycles. The van der Waals surface area contributed by atoms with Crippen LogP contribution in [0.3, 0.4) is 0 Å². The van der Waals surface area contributed by atoms with E-state index in [0.29, 0.717) is 37.4 Å². The summed E-state index contributed by atoms with van der Waals surface area (Å²) in [5, 5.41) is 11.6. The molecule has 1 saturated heterocycles. The molecule has 1 fully saturated rings. The number of ether oxygens (including phenoxy) is 2. The first-order valence-corrected chi connectivity index (χ1v) is 11.2. The van der Waals surface area contributed by atoms with E-state index in [-0.39, 0.29) is 18.0 Å². The first kappa shape index (κ1) is 22.9. The highest BCUT2D eigenvalue weighted by atomic mass is 16.5. The molecule has 0 radical (unpaired) electrons. The van der Waals surface area contributed by atoms with Crippen molar-refractivity contribution in [1.82, 2.24) is 9.47 Å². The van der Waals surface area contributed by atoms with E-state index in [9.17, 15) is 14.7 Å². The fourth-order valence-corrected chi connectivity index (χ4v) is 4.48. The van der Waals surface area contributed by atoms with Gasteiger partial charge in [0.1, 0.15) is 24.1 Å². The van der Waals surface area contributed by atoms with E-state index in [0.717, 1.165) is 22.0 Å². The van der Waals surface area contributed by atoms with Crippen molar-refractivity contribution in [2.75, 3.05) is 20.2 Å². The summed E-state index contributed by atoms with van der Waals surface area (Å²) < 4.78 is 12.8. The first-order valence-electron chi connectivity index (χ1n) is 11.2. The smallest absolute Gasteiger partial charge is 0.251 e. The van der Waals surface area contributed by atoms with Crippen molar-refractivity contribution in [3.05, 3.63) is 70.0 Å². The maximum atomic E-state index is 13.2. The van der Waals surface area contributed by atoms with Gasteiger partial charge in [0.05, 0.1) is 18.7 Å². The number of benzene rings is 2. The molecule has 1 amide bonds. The lowest BCUT2D eigenvalue weighted by molar-refractivity contribution is -0.131. The molecule has 4 rings (SSSR count). The number of pyridine rings is 1. The normalized spacial score (nSPS) is 18.7. The Labute approximate surface area is 193 Å². The Kier molecular flexibility index (Phi) is 6.70. The predicted octanol–water partition coefficient (Wildman–Crippen LogP) is 3.06. The van der Waals surface area contributed by atoms with Gasteiger partial charge in [-0.05, 0) is 43.5 Å². The fourth-order valence-electron chi connectivity index (χ4n) is 4.48. The first-order chi connectivity index (χ1) is 15.9. The molecular formula is C26H30N2O5. The van der Waals surface area contributed by atoms with Crippen molar-refractivity contribution in [1.29, 1.82) is 0 Å². The number of rotatable bonds is 5. The van der Waals surface area contributed by atoms with Gasteiger partial charge in [-0.15, -0.1) is 0 Å². The van der Waals surface area contributed by atoms with Crippen molar-refractivity contribution in [3.63, 3.8) is 0 Å². The summed E-state index contributed by atoms with van der Waals surface area (Å²) in [6.45, 7) is 4.69. The summed E-state index contributed by atoms with van der Waals surface area (Å²) in [4.78, 5) is 27.7. The maximum absolute atomic E-state index is 13.2. The Hall–Kier alpha value is -3.32. The SMILES string of the molecule is COc1cccc(O[C@H]2CCN(C(=O)Cn3c(=O)cc(C)c4cccc(C)c43)CC[C@@H]2O)c1. The minimum Gasteiger partial charge on any atom is -0.497 e. The van der Waals surface area contributed by atoms with Crippen molar-refractivity contribution in [2.24, 2.45) is 0 Å². The second kappa shape index (κ2) is 9.67. The Bertz CT molecular complexity index is 1220. The van der Waals surface area contributed by atoms with Gasteiger partial charge in [-0.3, -0.25) is 14.2 Å². The van der Waals surface area contributed by atoms with Gasteiger partial charge in [0.15, 0.2) is 0 Å². The minimum absolute atomic E-state index is 0.0298. The third kappa shape index (κ3) is 4.88. The van der Waals surface area contributed by atoms with Crippen LogP contribution in [-0.2, 0) is 11.3 Å². The largest absolute Gasteiger partial charge is 0.497 e. The van der Waals surface area contributed by atoms with Crippen LogP contribution in [0.25, 0.3) is 10.9 Å². The molecule has 33 heavy (non-hydrogen) atoms. The van der Waals surface area contributed by atoms with Gasteiger partial charge >= 0.3 is 0 Å². The Balaban J connectivity index is 1.50. The number of likely N-dealkylation sites (tertiary alicyclic amines) is 1. The topological polar surface area (TPSA) is 81.0 Å². The average Bonchev–Trinajstić information content (AvgIpc) is 2.98. The zero-order chi connectivity index (χ0) is 23.5. The van der Waals surface area contributed by atoms with Crippen molar-refractivity contribution < 1.29 is 19.4 Å². The average molecular weight is 451 g/mol. The molecule has 1 aliphatic heterocycles. The molecule has 0 unspecified atom stereocenters.